The smallest absolute Gasteiger partial charge is 0.398 e. The molecule has 0 amide bonds. The lowest BCUT2D eigenvalue weighted by Crippen LogP contribution is -2.41. The van der Waals surface area contributed by atoms with Gasteiger partial charge in [0.1, 0.15) is 0 Å². The molecule has 0 saturated carbocycles. The Morgan fingerprint density at radius 2 is 1.79 bits per heavy atom. The molecule has 0 bridgehead atoms. The Kier molecular flexibility index (Phi) is 2.53. The van der Waals surface area contributed by atoms with Crippen LogP contribution in [0.2, 0.25) is 0 Å². The third-order valence-corrected chi connectivity index (χ3v) is 4.06. The van der Waals surface area contributed by atoms with E-state index >= 15 is 0 Å². The van der Waals surface area contributed by atoms with Crippen molar-refractivity contribution in [2.45, 2.75) is 45.8 Å². The third-order valence-electron chi connectivity index (χ3n) is 4.06. The van der Waals surface area contributed by atoms with E-state index in [4.69, 9.17) is 9.31 Å². The van der Waals surface area contributed by atoms with Gasteiger partial charge in [-0.2, -0.15) is 5.10 Å². The van der Waals surface area contributed by atoms with Crippen molar-refractivity contribution in [1.82, 2.24) is 14.6 Å². The predicted octanol–water partition coefficient (Wildman–Crippen LogP) is 1.34. The summed E-state index contributed by atoms with van der Waals surface area (Å²) in [5.41, 5.74) is 2.00. The van der Waals surface area contributed by atoms with Crippen LogP contribution in [0.1, 0.15) is 33.3 Å². The van der Waals surface area contributed by atoms with Crippen LogP contribution < -0.4 is 5.59 Å². The fraction of sp³-hybridized carbons (Fsp3) is 0.538. The van der Waals surface area contributed by atoms with E-state index in [1.165, 1.54) is 0 Å². The largest absolute Gasteiger partial charge is 0.516 e. The molecule has 5 nitrogen and oxygen atoms in total. The molecule has 0 aromatic carbocycles. The Morgan fingerprint density at radius 3 is 2.42 bits per heavy atom. The summed E-state index contributed by atoms with van der Waals surface area (Å²) in [4.78, 5) is 4.26. The maximum atomic E-state index is 6.01. The lowest BCUT2D eigenvalue weighted by Gasteiger charge is -2.32. The fourth-order valence-electron chi connectivity index (χ4n) is 2.18. The van der Waals surface area contributed by atoms with Crippen LogP contribution >= 0.6 is 0 Å². The summed E-state index contributed by atoms with van der Waals surface area (Å²) in [7, 11) is -0.435. The number of rotatable bonds is 1. The van der Waals surface area contributed by atoms with Crippen LogP contribution in [0.4, 0.5) is 0 Å². The topological polar surface area (TPSA) is 48.7 Å². The molecular formula is C13H18BN3O2. The predicted molar refractivity (Wildman–Crippen MR) is 73.4 cm³/mol. The van der Waals surface area contributed by atoms with E-state index in [0.717, 1.165) is 16.8 Å². The molecule has 1 aliphatic rings. The molecule has 0 unspecified atom stereocenters. The zero-order valence-electron chi connectivity index (χ0n) is 12.0. The summed E-state index contributed by atoms with van der Waals surface area (Å²) in [6.07, 6.45) is 3.57. The Labute approximate surface area is 113 Å². The Morgan fingerprint density at radius 1 is 1.16 bits per heavy atom. The van der Waals surface area contributed by atoms with Gasteiger partial charge in [0.15, 0.2) is 5.65 Å². The minimum atomic E-state index is -0.435. The lowest BCUT2D eigenvalue weighted by atomic mass is 9.84. The van der Waals surface area contributed by atoms with E-state index in [-0.39, 0.29) is 11.2 Å². The Bertz CT molecular complexity index is 620. The van der Waals surface area contributed by atoms with Gasteiger partial charge in [0, 0.05) is 12.4 Å². The molecule has 3 rings (SSSR count). The second kappa shape index (κ2) is 3.80. The summed E-state index contributed by atoms with van der Waals surface area (Å²) >= 11 is 0. The maximum absolute atomic E-state index is 6.01. The second-order valence-corrected chi connectivity index (χ2v) is 6.04. The third kappa shape index (κ3) is 1.86. The first kappa shape index (κ1) is 12.6. The van der Waals surface area contributed by atoms with E-state index in [1.54, 1.807) is 10.7 Å². The van der Waals surface area contributed by atoms with Gasteiger partial charge < -0.3 is 9.31 Å². The molecule has 2 aromatic heterocycles. The zero-order chi connectivity index (χ0) is 13.8. The summed E-state index contributed by atoms with van der Waals surface area (Å²) in [6.45, 7) is 10.2. The molecule has 1 aliphatic heterocycles. The van der Waals surface area contributed by atoms with Gasteiger partial charge in [0.05, 0.1) is 16.8 Å². The molecule has 19 heavy (non-hydrogen) atoms. The van der Waals surface area contributed by atoms with Gasteiger partial charge in [0.25, 0.3) is 0 Å². The number of imidazole rings is 1. The molecule has 0 spiro atoms. The minimum Gasteiger partial charge on any atom is -0.398 e. The van der Waals surface area contributed by atoms with Crippen LogP contribution in [0.15, 0.2) is 18.5 Å². The van der Waals surface area contributed by atoms with Crippen molar-refractivity contribution in [1.29, 1.82) is 0 Å². The molecular weight excluding hydrogens is 241 g/mol. The number of fused-ring (bicyclic) bond motifs is 1. The molecule has 2 aromatic rings. The number of hydrogen-bond donors (Lipinski definition) is 0. The monoisotopic (exact) mass is 259 g/mol. The molecule has 100 valence electrons. The highest BCUT2D eigenvalue weighted by Gasteiger charge is 2.52. The molecule has 6 heteroatoms. The first-order valence-electron chi connectivity index (χ1n) is 6.47. The van der Waals surface area contributed by atoms with Gasteiger partial charge in [-0.3, -0.25) is 0 Å². The summed E-state index contributed by atoms with van der Waals surface area (Å²) in [5.74, 6) is 0. The van der Waals surface area contributed by atoms with E-state index < -0.39 is 7.12 Å². The van der Waals surface area contributed by atoms with Crippen LogP contribution in [0.3, 0.4) is 0 Å². The van der Waals surface area contributed by atoms with E-state index in [2.05, 4.69) is 10.1 Å². The van der Waals surface area contributed by atoms with Gasteiger partial charge in [-0.15, -0.1) is 0 Å². The summed E-state index contributed by atoms with van der Waals surface area (Å²) < 4.78 is 13.8. The Balaban J connectivity index is 2.02. The second-order valence-electron chi connectivity index (χ2n) is 6.04. The van der Waals surface area contributed by atoms with Gasteiger partial charge in [0.2, 0.25) is 0 Å². The van der Waals surface area contributed by atoms with Crippen LogP contribution in [0.25, 0.3) is 5.65 Å². The highest BCUT2D eigenvalue weighted by molar-refractivity contribution is 6.61. The highest BCUT2D eigenvalue weighted by atomic mass is 16.7. The summed E-state index contributed by atoms with van der Waals surface area (Å²) in [5, 5.41) is 4.51. The fourth-order valence-corrected chi connectivity index (χ4v) is 2.18. The molecule has 3 heterocycles. The average Bonchev–Trinajstić information content (AvgIpc) is 2.82. The van der Waals surface area contributed by atoms with Crippen LogP contribution in [-0.2, 0) is 9.31 Å². The minimum absolute atomic E-state index is 0.350. The SMILES string of the molecule is Cc1cc(B2OC(C)(C)C(C)(C)O2)nn2ccnc12. The lowest BCUT2D eigenvalue weighted by molar-refractivity contribution is 0.00578. The normalized spacial score (nSPS) is 21.2. The van der Waals surface area contributed by atoms with Gasteiger partial charge in [-0.1, -0.05) is 0 Å². The molecule has 0 radical (unpaired) electrons. The van der Waals surface area contributed by atoms with E-state index in [0.29, 0.717) is 0 Å². The standard InChI is InChI=1S/C13H18BN3O2/c1-9-8-10(16-17-7-6-15-11(9)17)14-18-12(2,3)13(4,5)19-14/h6-8H,1-5H3. The first-order valence-corrected chi connectivity index (χ1v) is 6.47. The summed E-state index contributed by atoms with van der Waals surface area (Å²) in [6, 6.07) is 1.98. The van der Waals surface area contributed by atoms with Crippen molar-refractivity contribution < 1.29 is 9.31 Å². The average molecular weight is 259 g/mol. The zero-order valence-corrected chi connectivity index (χ0v) is 12.0. The number of hydrogen-bond acceptors (Lipinski definition) is 4. The van der Waals surface area contributed by atoms with Gasteiger partial charge in [-0.25, -0.2) is 9.50 Å². The Hall–Kier alpha value is -1.40. The number of nitrogens with zero attached hydrogens (tertiary/aromatic N) is 3. The molecule has 1 fully saturated rings. The highest BCUT2D eigenvalue weighted by Crippen LogP contribution is 2.36. The van der Waals surface area contributed by atoms with Gasteiger partial charge in [-0.05, 0) is 46.2 Å². The van der Waals surface area contributed by atoms with E-state index in [9.17, 15) is 0 Å². The van der Waals surface area contributed by atoms with Crippen molar-refractivity contribution >= 4 is 18.4 Å². The van der Waals surface area contributed by atoms with Crippen molar-refractivity contribution in [2.24, 2.45) is 0 Å². The maximum Gasteiger partial charge on any atom is 0.516 e. The molecule has 0 N–H and O–H groups in total. The molecule has 1 saturated heterocycles. The van der Waals surface area contributed by atoms with Crippen molar-refractivity contribution in [2.75, 3.05) is 0 Å². The van der Waals surface area contributed by atoms with Gasteiger partial charge >= 0.3 is 7.12 Å². The number of aryl methyl sites for hydroxylation is 1. The number of aromatic nitrogens is 3. The molecule has 0 atom stereocenters. The molecule has 0 aliphatic carbocycles. The van der Waals surface area contributed by atoms with Crippen LogP contribution in [0.5, 0.6) is 0 Å². The van der Waals surface area contributed by atoms with Crippen molar-refractivity contribution in [3.8, 4) is 0 Å². The van der Waals surface area contributed by atoms with E-state index in [1.807, 2.05) is 46.9 Å². The van der Waals surface area contributed by atoms with Crippen LogP contribution in [-0.4, -0.2) is 32.9 Å². The van der Waals surface area contributed by atoms with Crippen molar-refractivity contribution in [3.05, 3.63) is 24.0 Å². The van der Waals surface area contributed by atoms with Crippen molar-refractivity contribution in [3.63, 3.8) is 0 Å². The first-order chi connectivity index (χ1) is 8.80. The quantitative estimate of drug-likeness (QED) is 0.725. The van der Waals surface area contributed by atoms with Crippen LogP contribution in [0, 0.1) is 6.92 Å².